The molecule has 0 aliphatic carbocycles. The maximum atomic E-state index is 15.3. The van der Waals surface area contributed by atoms with E-state index in [1.807, 2.05) is 13.8 Å². The van der Waals surface area contributed by atoms with Crippen molar-refractivity contribution >= 4 is 13.6 Å². The first-order valence-corrected chi connectivity index (χ1v) is 11.3. The lowest BCUT2D eigenvalue weighted by molar-refractivity contribution is -0.165. The van der Waals surface area contributed by atoms with Gasteiger partial charge in [0.1, 0.15) is 0 Å². The van der Waals surface area contributed by atoms with Gasteiger partial charge in [0, 0.05) is 0 Å². The van der Waals surface area contributed by atoms with E-state index in [0.717, 1.165) is 5.57 Å². The molecule has 1 aromatic rings. The number of benzene rings is 1. The Morgan fingerprint density at radius 2 is 1.69 bits per heavy atom. The van der Waals surface area contributed by atoms with E-state index in [1.54, 1.807) is 43.3 Å². The highest BCUT2D eigenvalue weighted by Crippen LogP contribution is 2.64. The second-order valence-electron chi connectivity index (χ2n) is 6.84. The number of carbonyl (C=O) groups excluding carboxylic acids is 1. The van der Waals surface area contributed by atoms with Gasteiger partial charge in [-0.05, 0) is 53.0 Å². The van der Waals surface area contributed by atoms with Crippen LogP contribution in [0.2, 0.25) is 0 Å². The molecule has 0 amide bonds. The highest BCUT2D eigenvalue weighted by atomic mass is 31.2. The van der Waals surface area contributed by atoms with Gasteiger partial charge in [-0.1, -0.05) is 42.0 Å². The van der Waals surface area contributed by atoms with Crippen LogP contribution in [0.4, 0.5) is 8.78 Å². The minimum atomic E-state index is -4.83. The van der Waals surface area contributed by atoms with Crippen LogP contribution in [0.1, 0.15) is 58.9 Å². The Morgan fingerprint density at radius 1 is 1.14 bits per heavy atom. The Balaban J connectivity index is 3.15. The molecule has 0 aromatic heterocycles. The lowest BCUT2D eigenvalue weighted by Crippen LogP contribution is -2.39. The smallest absolute Gasteiger partial charge is 0.403 e. The molecule has 0 unspecified atom stereocenters. The average Bonchev–Trinajstić information content (AvgIpc) is 2.67. The van der Waals surface area contributed by atoms with Crippen molar-refractivity contribution in [2.75, 3.05) is 13.2 Å². The van der Waals surface area contributed by atoms with Gasteiger partial charge in [-0.25, -0.2) is 0 Å². The number of rotatable bonds is 12. The number of hydrogen-bond donors (Lipinski definition) is 0. The van der Waals surface area contributed by atoms with Gasteiger partial charge in [-0.3, -0.25) is 9.36 Å². The van der Waals surface area contributed by atoms with E-state index < -0.39 is 31.3 Å². The van der Waals surface area contributed by atoms with E-state index in [9.17, 15) is 9.36 Å². The summed E-state index contributed by atoms with van der Waals surface area (Å²) in [5, 5.41) is 0. The van der Waals surface area contributed by atoms with E-state index in [-0.39, 0.29) is 26.1 Å². The first-order valence-electron chi connectivity index (χ1n) is 9.74. The summed E-state index contributed by atoms with van der Waals surface area (Å²) in [5.74, 6) is -1.57. The first-order chi connectivity index (χ1) is 13.6. The lowest BCUT2D eigenvalue weighted by atomic mass is 10.0. The third kappa shape index (κ3) is 7.02. The maximum Gasteiger partial charge on any atom is 0.403 e. The minimum absolute atomic E-state index is 0.213. The van der Waals surface area contributed by atoms with Crippen molar-refractivity contribution in [1.82, 2.24) is 0 Å². The molecule has 0 aliphatic heterocycles. The highest BCUT2D eigenvalue weighted by Gasteiger charge is 2.60. The van der Waals surface area contributed by atoms with Gasteiger partial charge in [-0.15, -0.1) is 0 Å². The normalized spacial score (nSPS) is 14.2. The van der Waals surface area contributed by atoms with Crippen molar-refractivity contribution in [2.45, 2.75) is 65.1 Å². The van der Waals surface area contributed by atoms with Crippen molar-refractivity contribution in [3.63, 3.8) is 0 Å². The number of alkyl halides is 2. The predicted molar refractivity (Wildman–Crippen MR) is 109 cm³/mol. The molecule has 2 atom stereocenters. The van der Waals surface area contributed by atoms with Gasteiger partial charge < -0.3 is 13.8 Å². The second kappa shape index (κ2) is 11.6. The monoisotopic (exact) mass is 432 g/mol. The Morgan fingerprint density at radius 3 is 2.17 bits per heavy atom. The topological polar surface area (TPSA) is 61.8 Å². The molecule has 0 radical (unpaired) electrons. The third-order valence-electron chi connectivity index (χ3n) is 4.24. The van der Waals surface area contributed by atoms with Crippen LogP contribution >= 0.6 is 7.60 Å². The largest absolute Gasteiger partial charge is 0.455 e. The number of halogens is 2. The zero-order valence-corrected chi connectivity index (χ0v) is 18.6. The van der Waals surface area contributed by atoms with E-state index in [2.05, 4.69) is 0 Å². The Kier molecular flexibility index (Phi) is 10.2. The maximum absolute atomic E-state index is 15.3. The summed E-state index contributed by atoms with van der Waals surface area (Å²) in [4.78, 5) is 12.6. The third-order valence-corrected chi connectivity index (χ3v) is 6.46. The Labute approximate surface area is 172 Å². The van der Waals surface area contributed by atoms with Gasteiger partial charge >= 0.3 is 19.2 Å². The lowest BCUT2D eigenvalue weighted by Gasteiger charge is -2.32. The van der Waals surface area contributed by atoms with Crippen LogP contribution in [0.25, 0.3) is 0 Å². The molecule has 29 heavy (non-hydrogen) atoms. The van der Waals surface area contributed by atoms with E-state index in [4.69, 9.17) is 13.8 Å². The van der Waals surface area contributed by atoms with Crippen molar-refractivity contribution in [2.24, 2.45) is 0 Å². The summed E-state index contributed by atoms with van der Waals surface area (Å²) in [6, 6.07) is 8.72. The van der Waals surface area contributed by atoms with Gasteiger partial charge in [0.15, 0.2) is 6.10 Å². The molecular weight excluding hydrogens is 401 g/mol. The van der Waals surface area contributed by atoms with Crippen LogP contribution in [0.3, 0.4) is 0 Å². The second-order valence-corrected chi connectivity index (χ2v) is 8.95. The quantitative estimate of drug-likeness (QED) is 0.220. The Bertz CT molecular complexity index is 707. The standard InChI is InChI=1S/C21H31F2O5P/c1-6-26-29(25,27-7-2)21(22,23)19(15-11-12-16(3)4)28-20(24)17(5)18-13-9-8-10-14-18/h8-10,12-14,17,19H,6-7,11,15H2,1-5H3/t17-,19-/m0/s1. The fraction of sp³-hybridized carbons (Fsp3) is 0.571. The zero-order chi connectivity index (χ0) is 22.1. The summed E-state index contributed by atoms with van der Waals surface area (Å²) in [6.45, 7) is 7.70. The van der Waals surface area contributed by atoms with Crippen molar-refractivity contribution in [3.05, 3.63) is 47.5 Å². The molecule has 164 valence electrons. The summed E-state index contributed by atoms with van der Waals surface area (Å²) in [6.07, 6.45) is -0.173. The number of esters is 1. The van der Waals surface area contributed by atoms with Gasteiger partial charge in [0.2, 0.25) is 0 Å². The summed E-state index contributed by atoms with van der Waals surface area (Å²) in [7, 11) is -4.83. The van der Waals surface area contributed by atoms with Gasteiger partial charge in [0.05, 0.1) is 19.1 Å². The zero-order valence-electron chi connectivity index (χ0n) is 17.7. The van der Waals surface area contributed by atoms with E-state index in [1.165, 1.54) is 13.8 Å². The van der Waals surface area contributed by atoms with Gasteiger partial charge in [-0.2, -0.15) is 8.78 Å². The van der Waals surface area contributed by atoms with E-state index in [0.29, 0.717) is 5.56 Å². The molecule has 8 heteroatoms. The highest BCUT2D eigenvalue weighted by molar-refractivity contribution is 7.55. The average molecular weight is 432 g/mol. The van der Waals surface area contributed by atoms with E-state index >= 15 is 8.78 Å². The number of ether oxygens (including phenoxy) is 1. The summed E-state index contributed by atoms with van der Waals surface area (Å²) < 4.78 is 58.2. The van der Waals surface area contributed by atoms with Crippen molar-refractivity contribution < 1.29 is 31.9 Å². The molecule has 0 saturated carbocycles. The molecule has 1 aromatic carbocycles. The van der Waals surface area contributed by atoms with Crippen LogP contribution in [0, 0.1) is 0 Å². The summed E-state index contributed by atoms with van der Waals surface area (Å²) in [5.41, 5.74) is -2.41. The van der Waals surface area contributed by atoms with Crippen LogP contribution in [0.15, 0.2) is 42.0 Å². The van der Waals surface area contributed by atoms with Crippen molar-refractivity contribution in [1.29, 1.82) is 0 Å². The van der Waals surface area contributed by atoms with Crippen LogP contribution in [-0.2, 0) is 23.1 Å². The molecule has 5 nitrogen and oxygen atoms in total. The van der Waals surface area contributed by atoms with Crippen LogP contribution < -0.4 is 0 Å². The molecule has 0 aliphatic rings. The molecule has 0 fully saturated rings. The van der Waals surface area contributed by atoms with Crippen LogP contribution in [-0.4, -0.2) is 31.0 Å². The molecule has 0 bridgehead atoms. The molecule has 0 heterocycles. The first kappa shape index (κ1) is 25.5. The number of hydrogen-bond acceptors (Lipinski definition) is 5. The molecule has 1 rings (SSSR count). The molecule has 0 saturated heterocycles. The molecular formula is C21H31F2O5P. The Hall–Kier alpha value is -1.56. The van der Waals surface area contributed by atoms with Crippen molar-refractivity contribution in [3.8, 4) is 0 Å². The minimum Gasteiger partial charge on any atom is -0.455 e. The predicted octanol–water partition coefficient (Wildman–Crippen LogP) is 6.31. The van der Waals surface area contributed by atoms with Crippen LogP contribution in [0.5, 0.6) is 0 Å². The van der Waals surface area contributed by atoms with Gasteiger partial charge in [0.25, 0.3) is 0 Å². The molecule has 0 N–H and O–H groups in total. The fourth-order valence-corrected chi connectivity index (χ4v) is 4.31. The SMILES string of the molecule is CCOP(=O)(OCC)C(F)(F)[C@H](CCC=C(C)C)OC(=O)[C@@H](C)c1ccccc1. The fourth-order valence-electron chi connectivity index (χ4n) is 2.67. The summed E-state index contributed by atoms with van der Waals surface area (Å²) >= 11 is 0. The molecule has 0 spiro atoms. The number of allylic oxidation sites excluding steroid dienone is 2. The number of carbonyl (C=O) groups is 1.